The third kappa shape index (κ3) is 5.57. The smallest absolute Gasteiger partial charge is 0.321 e. The number of esters is 1. The van der Waals surface area contributed by atoms with E-state index in [-0.39, 0.29) is 14.9 Å². The van der Waals surface area contributed by atoms with E-state index in [9.17, 15) is 18.0 Å². The van der Waals surface area contributed by atoms with Crippen molar-refractivity contribution in [3.8, 4) is 0 Å². The third-order valence-electron chi connectivity index (χ3n) is 4.16. The summed E-state index contributed by atoms with van der Waals surface area (Å²) in [5, 5.41) is 5.75. The Kier molecular flexibility index (Phi) is 7.09. The second kappa shape index (κ2) is 9.57. The summed E-state index contributed by atoms with van der Waals surface area (Å²) >= 11 is 11.6. The molecular weight excluding hydrogens is 453 g/mol. The van der Waals surface area contributed by atoms with E-state index >= 15 is 0 Å². The van der Waals surface area contributed by atoms with Gasteiger partial charge < -0.3 is 4.74 Å². The maximum Gasteiger partial charge on any atom is 0.321 e. The van der Waals surface area contributed by atoms with E-state index in [1.165, 1.54) is 17.1 Å². The van der Waals surface area contributed by atoms with Crippen LogP contribution in [0.3, 0.4) is 0 Å². The molecule has 0 radical (unpaired) electrons. The molecule has 30 heavy (non-hydrogen) atoms. The van der Waals surface area contributed by atoms with E-state index in [2.05, 4.69) is 9.82 Å². The first-order valence-electron chi connectivity index (χ1n) is 8.80. The first-order chi connectivity index (χ1) is 14.3. The molecule has 0 aromatic heterocycles. The lowest BCUT2D eigenvalue weighted by Crippen LogP contribution is -2.34. The van der Waals surface area contributed by atoms with E-state index < -0.39 is 35.1 Å². The molecular formula is C19H17Cl2N3O5S. The number of amides is 1. The van der Waals surface area contributed by atoms with Gasteiger partial charge in [0.25, 0.3) is 5.91 Å². The van der Waals surface area contributed by atoms with Gasteiger partial charge >= 0.3 is 5.97 Å². The summed E-state index contributed by atoms with van der Waals surface area (Å²) in [6, 6.07) is 13.2. The number of ether oxygens (including phenoxy) is 1. The van der Waals surface area contributed by atoms with Crippen LogP contribution in [0.2, 0.25) is 10.0 Å². The zero-order valence-corrected chi connectivity index (χ0v) is 17.9. The number of halogens is 2. The molecule has 1 amide bonds. The number of carbonyl (C=O) groups is 2. The van der Waals surface area contributed by atoms with Crippen molar-refractivity contribution in [3.63, 3.8) is 0 Å². The second-order valence-corrected chi connectivity index (χ2v) is 8.82. The summed E-state index contributed by atoms with van der Waals surface area (Å²) in [6.45, 7) is -0.808. The van der Waals surface area contributed by atoms with Crippen LogP contribution in [0.25, 0.3) is 0 Å². The Hall–Kier alpha value is -2.46. The van der Waals surface area contributed by atoms with E-state index in [4.69, 9.17) is 27.9 Å². The number of carbonyl (C=O) groups excluding carboxylic acids is 2. The molecule has 0 aliphatic carbocycles. The molecule has 1 aliphatic rings. The number of hydrogen-bond donors (Lipinski definition) is 1. The molecule has 1 heterocycles. The van der Waals surface area contributed by atoms with Crippen LogP contribution in [0.4, 0.5) is 0 Å². The number of nitrogens with zero attached hydrogens (tertiary/aromatic N) is 2. The Balaban J connectivity index is 1.49. The van der Waals surface area contributed by atoms with Gasteiger partial charge in [0.15, 0.2) is 6.61 Å². The first kappa shape index (κ1) is 22.2. The van der Waals surface area contributed by atoms with Crippen LogP contribution >= 0.6 is 23.2 Å². The molecule has 1 aliphatic heterocycles. The highest BCUT2D eigenvalue weighted by atomic mass is 35.5. The maximum absolute atomic E-state index is 12.2. The number of hydrogen-bond acceptors (Lipinski definition) is 6. The Bertz CT molecular complexity index is 1090. The first-order valence-corrected chi connectivity index (χ1v) is 11.0. The van der Waals surface area contributed by atoms with Crippen LogP contribution < -0.4 is 4.72 Å². The topological polar surface area (TPSA) is 105 Å². The SMILES string of the molecule is O=C(CNS(=O)(=O)c1ccc(Cl)c(Cl)c1)OCC(=O)N1CCC(c2ccccc2)=N1. The molecule has 8 nitrogen and oxygen atoms in total. The molecule has 11 heteroatoms. The lowest BCUT2D eigenvalue weighted by molar-refractivity contribution is -0.150. The van der Waals surface area contributed by atoms with Crippen LogP contribution in [0.15, 0.2) is 58.5 Å². The van der Waals surface area contributed by atoms with Gasteiger partial charge in [-0.25, -0.2) is 13.4 Å². The van der Waals surface area contributed by atoms with Crippen molar-refractivity contribution in [1.29, 1.82) is 0 Å². The van der Waals surface area contributed by atoms with Gasteiger partial charge in [-0.05, 0) is 23.8 Å². The van der Waals surface area contributed by atoms with Crippen LogP contribution in [-0.2, 0) is 24.3 Å². The molecule has 0 atom stereocenters. The van der Waals surface area contributed by atoms with Gasteiger partial charge in [-0.1, -0.05) is 53.5 Å². The van der Waals surface area contributed by atoms with Gasteiger partial charge in [-0.2, -0.15) is 9.82 Å². The zero-order chi connectivity index (χ0) is 21.7. The Morgan fingerprint density at radius 2 is 1.83 bits per heavy atom. The zero-order valence-electron chi connectivity index (χ0n) is 15.5. The van der Waals surface area contributed by atoms with Crippen molar-refractivity contribution in [1.82, 2.24) is 9.73 Å². The van der Waals surface area contributed by atoms with Crippen molar-refractivity contribution in [3.05, 3.63) is 64.1 Å². The van der Waals surface area contributed by atoms with Gasteiger partial charge in [-0.15, -0.1) is 0 Å². The van der Waals surface area contributed by atoms with Crippen molar-refractivity contribution in [2.45, 2.75) is 11.3 Å². The predicted molar refractivity (Wildman–Crippen MR) is 112 cm³/mol. The molecule has 2 aromatic carbocycles. The highest BCUT2D eigenvalue weighted by Crippen LogP contribution is 2.24. The summed E-state index contributed by atoms with van der Waals surface area (Å²) in [5.41, 5.74) is 1.69. The van der Waals surface area contributed by atoms with Gasteiger partial charge in [0.05, 0.1) is 27.2 Å². The van der Waals surface area contributed by atoms with E-state index in [0.29, 0.717) is 13.0 Å². The van der Waals surface area contributed by atoms with Gasteiger partial charge in [0, 0.05) is 6.42 Å². The number of hydrazone groups is 1. The molecule has 3 rings (SSSR count). The van der Waals surface area contributed by atoms with E-state index in [1.807, 2.05) is 30.3 Å². The van der Waals surface area contributed by atoms with Crippen LogP contribution in [0.1, 0.15) is 12.0 Å². The monoisotopic (exact) mass is 469 g/mol. The minimum atomic E-state index is -4.00. The number of nitrogens with one attached hydrogen (secondary N) is 1. The number of benzene rings is 2. The molecule has 2 aromatic rings. The Morgan fingerprint density at radius 1 is 1.10 bits per heavy atom. The van der Waals surface area contributed by atoms with Gasteiger partial charge in [-0.3, -0.25) is 9.59 Å². The Labute approximate surface area is 183 Å². The van der Waals surface area contributed by atoms with Crippen LogP contribution in [0, 0.1) is 0 Å². The number of sulfonamides is 1. The van der Waals surface area contributed by atoms with Crippen molar-refractivity contribution >= 4 is 50.8 Å². The summed E-state index contributed by atoms with van der Waals surface area (Å²) in [6.07, 6.45) is 0.590. The minimum absolute atomic E-state index is 0.0637. The number of rotatable bonds is 7. The fraction of sp³-hybridized carbons (Fsp3) is 0.211. The quantitative estimate of drug-likeness (QED) is 0.626. The summed E-state index contributed by atoms with van der Waals surface area (Å²) in [5.74, 6) is -1.40. The normalized spacial score (nSPS) is 13.8. The van der Waals surface area contributed by atoms with Crippen LogP contribution in [0.5, 0.6) is 0 Å². The highest BCUT2D eigenvalue weighted by molar-refractivity contribution is 7.89. The lowest BCUT2D eigenvalue weighted by atomic mass is 10.1. The standard InChI is InChI=1S/C19H17Cl2N3O5S/c20-15-7-6-14(10-16(15)21)30(27,28)22-11-19(26)29-12-18(25)24-9-8-17(23-24)13-4-2-1-3-5-13/h1-7,10,22H,8-9,11-12H2. The minimum Gasteiger partial charge on any atom is -0.455 e. The summed E-state index contributed by atoms with van der Waals surface area (Å²) in [4.78, 5) is 23.9. The molecule has 0 fully saturated rings. The molecule has 0 saturated carbocycles. The van der Waals surface area contributed by atoms with Crippen LogP contribution in [-0.4, -0.2) is 50.7 Å². The molecule has 158 valence electrons. The molecule has 1 N–H and O–H groups in total. The predicted octanol–water partition coefficient (Wildman–Crippen LogP) is 2.45. The van der Waals surface area contributed by atoms with E-state index in [0.717, 1.165) is 17.3 Å². The summed E-state index contributed by atoms with van der Waals surface area (Å²) in [7, 11) is -4.00. The average Bonchev–Trinajstić information content (AvgIpc) is 3.23. The average molecular weight is 470 g/mol. The third-order valence-corrected chi connectivity index (χ3v) is 6.30. The molecule has 0 saturated heterocycles. The van der Waals surface area contributed by atoms with Crippen molar-refractivity contribution in [2.75, 3.05) is 19.7 Å². The lowest BCUT2D eigenvalue weighted by Gasteiger charge is -2.12. The largest absolute Gasteiger partial charge is 0.455 e. The van der Waals surface area contributed by atoms with Crippen molar-refractivity contribution < 1.29 is 22.7 Å². The second-order valence-electron chi connectivity index (χ2n) is 6.24. The molecule has 0 spiro atoms. The highest BCUT2D eigenvalue weighted by Gasteiger charge is 2.23. The van der Waals surface area contributed by atoms with E-state index in [1.54, 1.807) is 0 Å². The maximum atomic E-state index is 12.2. The fourth-order valence-electron chi connectivity index (χ4n) is 2.62. The molecule has 0 bridgehead atoms. The van der Waals surface area contributed by atoms with Gasteiger partial charge in [0.1, 0.15) is 6.54 Å². The van der Waals surface area contributed by atoms with Crippen molar-refractivity contribution in [2.24, 2.45) is 5.10 Å². The Morgan fingerprint density at radius 3 is 2.53 bits per heavy atom. The summed E-state index contributed by atoms with van der Waals surface area (Å²) < 4.78 is 31.4. The fourth-order valence-corrected chi connectivity index (χ4v) is 3.98. The van der Waals surface area contributed by atoms with Gasteiger partial charge in [0.2, 0.25) is 10.0 Å². The molecule has 0 unspecified atom stereocenters.